The fourth-order valence-electron chi connectivity index (χ4n) is 4.12. The fraction of sp³-hybridized carbons (Fsp3) is 0.360. The van der Waals surface area contributed by atoms with Gasteiger partial charge in [-0.3, -0.25) is 0 Å². The third-order valence-electron chi connectivity index (χ3n) is 5.93. The molecule has 0 saturated carbocycles. The van der Waals surface area contributed by atoms with Gasteiger partial charge in [-0.15, -0.1) is 0 Å². The third kappa shape index (κ3) is 5.39. The smallest absolute Gasteiger partial charge is 0.166 e. The van der Waals surface area contributed by atoms with E-state index >= 15 is 0 Å². The number of rotatable bonds is 7. The number of ether oxygens (including phenoxy) is 2. The Kier molecular flexibility index (Phi) is 7.84. The van der Waals surface area contributed by atoms with Crippen molar-refractivity contribution in [2.75, 3.05) is 36.9 Å². The number of nitrogens with one attached hydrogen (secondary N) is 1. The van der Waals surface area contributed by atoms with Gasteiger partial charge in [0.15, 0.2) is 11.6 Å². The van der Waals surface area contributed by atoms with Crippen molar-refractivity contribution in [3.05, 3.63) is 58.1 Å². The molecule has 0 radical (unpaired) electrons. The molecular weight excluding hydrogens is 492 g/mol. The van der Waals surface area contributed by atoms with Crippen molar-refractivity contribution in [3.8, 4) is 22.6 Å². The lowest BCUT2D eigenvalue weighted by Crippen LogP contribution is -2.50. The van der Waals surface area contributed by atoms with E-state index in [0.29, 0.717) is 40.3 Å². The Hall–Kier alpha value is -2.81. The monoisotopic (exact) mass is 519 g/mol. The summed E-state index contributed by atoms with van der Waals surface area (Å²) in [4.78, 5) is 11.3. The van der Waals surface area contributed by atoms with Crippen LogP contribution in [0.15, 0.2) is 36.7 Å². The first-order valence-corrected chi connectivity index (χ1v) is 12.2. The molecule has 10 heteroatoms. The average Bonchev–Trinajstić information content (AvgIpc) is 2.84. The normalized spacial score (nSPS) is 16.7. The summed E-state index contributed by atoms with van der Waals surface area (Å²) in [5.41, 5.74) is 7.91. The van der Waals surface area contributed by atoms with Crippen molar-refractivity contribution in [1.82, 2.24) is 15.3 Å². The van der Waals surface area contributed by atoms with Crippen LogP contribution in [0.5, 0.6) is 11.5 Å². The van der Waals surface area contributed by atoms with Crippen molar-refractivity contribution >= 4 is 34.8 Å². The van der Waals surface area contributed by atoms with Gasteiger partial charge in [0.05, 0.1) is 11.6 Å². The largest absolute Gasteiger partial charge is 0.493 e. The second-order valence-electron chi connectivity index (χ2n) is 8.34. The number of nitrogens with two attached hydrogens (primary N) is 1. The number of piperazine rings is 1. The number of nitrogen functional groups attached to an aromatic ring is 1. The molecule has 1 aliphatic heterocycles. The fourth-order valence-corrected chi connectivity index (χ4v) is 4.80. The maximum Gasteiger partial charge on any atom is 0.166 e. The van der Waals surface area contributed by atoms with E-state index in [1.54, 1.807) is 25.4 Å². The summed E-state index contributed by atoms with van der Waals surface area (Å²) < 4.78 is 26.0. The Morgan fingerprint density at radius 1 is 1.23 bits per heavy atom. The molecule has 2 aromatic heterocycles. The maximum absolute atomic E-state index is 14.0. The van der Waals surface area contributed by atoms with Gasteiger partial charge in [0.2, 0.25) is 0 Å². The van der Waals surface area contributed by atoms with E-state index < -0.39 is 11.9 Å². The van der Waals surface area contributed by atoms with Crippen LogP contribution >= 0.6 is 23.2 Å². The number of hydrogen-bond acceptors (Lipinski definition) is 7. The first kappa shape index (κ1) is 25.3. The van der Waals surface area contributed by atoms with Crippen LogP contribution in [-0.4, -0.2) is 42.3 Å². The molecule has 3 aromatic rings. The van der Waals surface area contributed by atoms with Crippen LogP contribution < -0.4 is 25.4 Å². The van der Waals surface area contributed by atoms with E-state index in [4.69, 9.17) is 43.4 Å². The van der Waals surface area contributed by atoms with E-state index in [1.807, 2.05) is 13.0 Å². The van der Waals surface area contributed by atoms with Crippen LogP contribution in [-0.2, 0) is 0 Å². The summed E-state index contributed by atoms with van der Waals surface area (Å²) in [6.45, 7) is 8.96. The molecule has 0 aliphatic carbocycles. The van der Waals surface area contributed by atoms with Gasteiger partial charge >= 0.3 is 0 Å². The lowest BCUT2D eigenvalue weighted by Gasteiger charge is -2.35. The number of benzene rings is 1. The minimum atomic E-state index is -0.675. The highest BCUT2D eigenvalue weighted by Crippen LogP contribution is 2.39. The van der Waals surface area contributed by atoms with Gasteiger partial charge in [-0.1, -0.05) is 23.2 Å². The van der Waals surface area contributed by atoms with E-state index in [1.165, 1.54) is 12.1 Å². The van der Waals surface area contributed by atoms with E-state index in [-0.39, 0.29) is 10.8 Å². The molecule has 1 aromatic carbocycles. The SMILES string of the molecule is CCOc1cc(N2CCNCC2C)ncc1-c1cnc(N)c(OC(C)c2c(Cl)ccc(F)c2Cl)c1. The van der Waals surface area contributed by atoms with Gasteiger partial charge in [0, 0.05) is 65.8 Å². The van der Waals surface area contributed by atoms with Gasteiger partial charge in [-0.05, 0) is 39.0 Å². The minimum absolute atomic E-state index is 0.0896. The van der Waals surface area contributed by atoms with Crippen molar-refractivity contribution in [2.45, 2.75) is 32.9 Å². The number of hydrogen-bond donors (Lipinski definition) is 2. The standard InChI is InChI=1S/C25H28Cl2FN5O2/c1-4-34-20-10-22(33-8-7-30-11-14(33)2)31-13-17(20)16-9-21(25(29)32-12-16)35-15(3)23-18(26)5-6-19(28)24(23)27/h5-6,9-10,12-15,30H,4,7-8,11H2,1-3H3,(H2,29,32). The maximum atomic E-state index is 14.0. The molecule has 1 fully saturated rings. The lowest BCUT2D eigenvalue weighted by atomic mass is 10.1. The van der Waals surface area contributed by atoms with Gasteiger partial charge in [-0.2, -0.15) is 0 Å². The summed E-state index contributed by atoms with van der Waals surface area (Å²) in [6, 6.07) is 6.68. The molecular formula is C25H28Cl2FN5O2. The van der Waals surface area contributed by atoms with Gasteiger partial charge < -0.3 is 25.4 Å². The average molecular weight is 520 g/mol. The highest BCUT2D eigenvalue weighted by atomic mass is 35.5. The van der Waals surface area contributed by atoms with Crippen LogP contribution in [0.1, 0.15) is 32.4 Å². The Labute approximate surface area is 214 Å². The summed E-state index contributed by atoms with van der Waals surface area (Å²) in [5.74, 6) is 1.46. The second kappa shape index (κ2) is 10.8. The van der Waals surface area contributed by atoms with E-state index in [0.717, 1.165) is 31.0 Å². The summed E-state index contributed by atoms with van der Waals surface area (Å²) >= 11 is 12.4. The molecule has 2 atom stereocenters. The number of pyridine rings is 2. The molecule has 3 heterocycles. The van der Waals surface area contributed by atoms with Crippen LogP contribution in [0.2, 0.25) is 10.0 Å². The highest BCUT2D eigenvalue weighted by molar-refractivity contribution is 6.36. The Balaban J connectivity index is 1.67. The number of aromatic nitrogens is 2. The quantitative estimate of drug-likeness (QED) is 0.398. The molecule has 0 amide bonds. The summed E-state index contributed by atoms with van der Waals surface area (Å²) in [5, 5.41) is 3.60. The molecule has 0 spiro atoms. The molecule has 1 saturated heterocycles. The zero-order valence-corrected chi connectivity index (χ0v) is 21.3. The topological polar surface area (TPSA) is 85.5 Å². The van der Waals surface area contributed by atoms with Gasteiger partial charge in [0.25, 0.3) is 0 Å². The van der Waals surface area contributed by atoms with Crippen LogP contribution in [0.4, 0.5) is 16.0 Å². The molecule has 2 unspecified atom stereocenters. The number of halogens is 3. The van der Waals surface area contributed by atoms with E-state index in [9.17, 15) is 4.39 Å². The molecule has 3 N–H and O–H groups in total. The van der Waals surface area contributed by atoms with Crippen LogP contribution in [0.25, 0.3) is 11.1 Å². The third-order valence-corrected chi connectivity index (χ3v) is 6.64. The second-order valence-corrected chi connectivity index (χ2v) is 9.13. The number of nitrogens with zero attached hydrogens (tertiary/aromatic N) is 3. The zero-order chi connectivity index (χ0) is 25.1. The van der Waals surface area contributed by atoms with Crippen LogP contribution in [0, 0.1) is 5.82 Å². The van der Waals surface area contributed by atoms with Gasteiger partial charge in [0.1, 0.15) is 23.5 Å². The first-order chi connectivity index (χ1) is 16.8. The molecule has 186 valence electrons. The Bertz CT molecular complexity index is 1210. The zero-order valence-electron chi connectivity index (χ0n) is 19.8. The Morgan fingerprint density at radius 3 is 2.77 bits per heavy atom. The predicted octanol–water partition coefficient (Wildman–Crippen LogP) is 5.51. The van der Waals surface area contributed by atoms with Gasteiger partial charge in [-0.25, -0.2) is 14.4 Å². The summed E-state index contributed by atoms with van der Waals surface area (Å²) in [6.07, 6.45) is 2.74. The molecule has 4 rings (SSSR count). The van der Waals surface area contributed by atoms with Crippen molar-refractivity contribution < 1.29 is 13.9 Å². The lowest BCUT2D eigenvalue weighted by molar-refractivity contribution is 0.227. The molecule has 35 heavy (non-hydrogen) atoms. The molecule has 1 aliphatic rings. The highest BCUT2D eigenvalue weighted by Gasteiger charge is 2.23. The summed E-state index contributed by atoms with van der Waals surface area (Å²) in [7, 11) is 0. The first-order valence-electron chi connectivity index (χ1n) is 11.5. The number of anilines is 2. The van der Waals surface area contributed by atoms with E-state index in [2.05, 4.69) is 22.1 Å². The van der Waals surface area contributed by atoms with Crippen LogP contribution in [0.3, 0.4) is 0 Å². The predicted molar refractivity (Wildman–Crippen MR) is 138 cm³/mol. The Morgan fingerprint density at radius 2 is 2.03 bits per heavy atom. The van der Waals surface area contributed by atoms with Crippen molar-refractivity contribution in [2.24, 2.45) is 0 Å². The van der Waals surface area contributed by atoms with Crippen molar-refractivity contribution in [1.29, 1.82) is 0 Å². The molecule has 0 bridgehead atoms. The van der Waals surface area contributed by atoms with Crippen molar-refractivity contribution in [3.63, 3.8) is 0 Å². The molecule has 7 nitrogen and oxygen atoms in total. The minimum Gasteiger partial charge on any atom is -0.493 e.